The second kappa shape index (κ2) is 7.36. The van der Waals surface area contributed by atoms with Crippen molar-refractivity contribution in [2.75, 3.05) is 12.0 Å². The SMILES string of the molecule is COC(=O)C=C1C(=O)NC(=Nc2nc(C)cc(C)n2)N1c1cccc(C)c1. The van der Waals surface area contributed by atoms with Gasteiger partial charge in [0, 0.05) is 17.1 Å². The average Bonchev–Trinajstić information content (AvgIpc) is 2.89. The second-order valence-electron chi connectivity index (χ2n) is 6.07. The maximum Gasteiger partial charge on any atom is 0.332 e. The first-order chi connectivity index (χ1) is 12.9. The Hall–Kier alpha value is -3.55. The molecule has 1 aromatic carbocycles. The van der Waals surface area contributed by atoms with E-state index in [-0.39, 0.29) is 17.6 Å². The van der Waals surface area contributed by atoms with Gasteiger partial charge in [-0.15, -0.1) is 0 Å². The van der Waals surface area contributed by atoms with Gasteiger partial charge in [0.2, 0.25) is 5.96 Å². The number of guanidine groups is 1. The summed E-state index contributed by atoms with van der Waals surface area (Å²) in [5.41, 5.74) is 3.30. The molecule has 0 unspecified atom stereocenters. The highest BCUT2D eigenvalue weighted by Crippen LogP contribution is 2.25. The predicted octanol–water partition coefficient (Wildman–Crippen LogP) is 2.08. The van der Waals surface area contributed by atoms with Crippen LogP contribution in [0, 0.1) is 20.8 Å². The fourth-order valence-electron chi connectivity index (χ4n) is 2.70. The van der Waals surface area contributed by atoms with Gasteiger partial charge >= 0.3 is 5.97 Å². The van der Waals surface area contributed by atoms with Crippen LogP contribution in [0.3, 0.4) is 0 Å². The normalized spacial score (nSPS) is 16.7. The van der Waals surface area contributed by atoms with Gasteiger partial charge < -0.3 is 4.74 Å². The maximum absolute atomic E-state index is 12.5. The molecule has 1 amide bonds. The van der Waals surface area contributed by atoms with Crippen molar-refractivity contribution in [2.24, 2.45) is 4.99 Å². The number of nitrogens with one attached hydrogen (secondary N) is 1. The van der Waals surface area contributed by atoms with E-state index < -0.39 is 11.9 Å². The van der Waals surface area contributed by atoms with Crippen LogP contribution in [0.1, 0.15) is 17.0 Å². The number of aliphatic imine (C=N–C) groups is 1. The highest BCUT2D eigenvalue weighted by Gasteiger charge is 2.34. The number of hydrogen-bond donors (Lipinski definition) is 1. The number of benzene rings is 1. The molecule has 2 aromatic rings. The number of ether oxygens (including phenoxy) is 1. The zero-order chi connectivity index (χ0) is 19.6. The third-order valence-corrected chi connectivity index (χ3v) is 3.80. The smallest absolute Gasteiger partial charge is 0.332 e. The average molecular weight is 365 g/mol. The Kier molecular flexibility index (Phi) is 4.98. The molecule has 1 fully saturated rings. The number of rotatable bonds is 3. The van der Waals surface area contributed by atoms with Crippen LogP contribution in [0.5, 0.6) is 0 Å². The monoisotopic (exact) mass is 365 g/mol. The van der Waals surface area contributed by atoms with Gasteiger partial charge in [-0.3, -0.25) is 15.0 Å². The summed E-state index contributed by atoms with van der Waals surface area (Å²) in [6.07, 6.45) is 1.13. The first-order valence-electron chi connectivity index (χ1n) is 8.26. The second-order valence-corrected chi connectivity index (χ2v) is 6.07. The summed E-state index contributed by atoms with van der Waals surface area (Å²) in [5, 5.41) is 2.67. The van der Waals surface area contributed by atoms with Crippen molar-refractivity contribution in [1.82, 2.24) is 15.3 Å². The van der Waals surface area contributed by atoms with Gasteiger partial charge in [0.1, 0.15) is 5.70 Å². The number of methoxy groups -OCH3 is 1. The lowest BCUT2D eigenvalue weighted by molar-refractivity contribution is -0.135. The fraction of sp³-hybridized carbons (Fsp3) is 0.211. The third kappa shape index (κ3) is 4.00. The number of aromatic nitrogens is 2. The number of hydrogen-bond acceptors (Lipinski definition) is 6. The minimum atomic E-state index is -0.637. The number of esters is 1. The molecule has 0 atom stereocenters. The zero-order valence-electron chi connectivity index (χ0n) is 15.5. The molecule has 0 bridgehead atoms. The summed E-state index contributed by atoms with van der Waals surface area (Å²) < 4.78 is 4.67. The van der Waals surface area contributed by atoms with Crippen LogP contribution in [0.25, 0.3) is 0 Å². The topological polar surface area (TPSA) is 96.8 Å². The Morgan fingerprint density at radius 3 is 2.52 bits per heavy atom. The molecule has 0 saturated carbocycles. The molecule has 0 spiro atoms. The summed E-state index contributed by atoms with van der Waals surface area (Å²) in [4.78, 5) is 38.7. The van der Waals surface area contributed by atoms with Crippen LogP contribution in [0.2, 0.25) is 0 Å². The van der Waals surface area contributed by atoms with E-state index in [9.17, 15) is 9.59 Å². The van der Waals surface area contributed by atoms with E-state index in [1.165, 1.54) is 7.11 Å². The zero-order valence-corrected chi connectivity index (χ0v) is 15.5. The third-order valence-electron chi connectivity index (χ3n) is 3.80. The molecule has 8 nitrogen and oxygen atoms in total. The van der Waals surface area contributed by atoms with E-state index in [1.807, 2.05) is 51.1 Å². The molecule has 138 valence electrons. The Morgan fingerprint density at radius 1 is 1.19 bits per heavy atom. The molecule has 1 aromatic heterocycles. The largest absolute Gasteiger partial charge is 0.466 e. The number of carbonyl (C=O) groups excluding carboxylic acids is 2. The van der Waals surface area contributed by atoms with E-state index in [0.29, 0.717) is 5.69 Å². The van der Waals surface area contributed by atoms with Gasteiger partial charge in [-0.05, 0) is 44.5 Å². The van der Waals surface area contributed by atoms with E-state index in [1.54, 1.807) is 4.90 Å². The summed E-state index contributed by atoms with van der Waals surface area (Å²) in [6, 6.07) is 9.31. The Labute approximate surface area is 156 Å². The number of amides is 1. The van der Waals surface area contributed by atoms with E-state index >= 15 is 0 Å². The standard InChI is InChI=1S/C19H19N5O3/c1-11-6-5-7-14(8-11)24-15(10-16(25)27-4)17(26)22-19(24)23-18-20-12(2)9-13(3)21-18/h5-10H,1-4H3,(H,20,21,22,23,26). The molecule has 0 radical (unpaired) electrons. The number of nitrogens with zero attached hydrogens (tertiary/aromatic N) is 4. The van der Waals surface area contributed by atoms with Crippen molar-refractivity contribution in [2.45, 2.75) is 20.8 Å². The highest BCUT2D eigenvalue weighted by atomic mass is 16.5. The van der Waals surface area contributed by atoms with E-state index in [2.05, 4.69) is 25.0 Å². The number of carbonyl (C=O) groups is 2. The fourth-order valence-corrected chi connectivity index (χ4v) is 2.70. The lowest BCUT2D eigenvalue weighted by Crippen LogP contribution is -2.29. The summed E-state index contributed by atoms with van der Waals surface area (Å²) >= 11 is 0. The Bertz CT molecular complexity index is 961. The number of aryl methyl sites for hydroxylation is 3. The van der Waals surface area contributed by atoms with Gasteiger partial charge in [-0.25, -0.2) is 14.8 Å². The molecule has 0 aliphatic carbocycles. The first-order valence-corrected chi connectivity index (χ1v) is 8.26. The molecule has 1 aliphatic rings. The van der Waals surface area contributed by atoms with Gasteiger partial charge in [-0.2, -0.15) is 4.99 Å². The van der Waals surface area contributed by atoms with Crippen LogP contribution in [-0.4, -0.2) is 34.9 Å². The van der Waals surface area contributed by atoms with Gasteiger partial charge in [0.15, 0.2) is 0 Å². The van der Waals surface area contributed by atoms with Crippen molar-refractivity contribution >= 4 is 29.5 Å². The molecule has 27 heavy (non-hydrogen) atoms. The van der Waals surface area contributed by atoms with E-state index in [0.717, 1.165) is 23.0 Å². The molecule has 1 N–H and O–H groups in total. The van der Waals surface area contributed by atoms with Crippen molar-refractivity contribution < 1.29 is 14.3 Å². The van der Waals surface area contributed by atoms with Crippen LogP contribution in [0.4, 0.5) is 11.6 Å². The van der Waals surface area contributed by atoms with Gasteiger partial charge in [-0.1, -0.05) is 12.1 Å². The maximum atomic E-state index is 12.5. The quantitative estimate of drug-likeness (QED) is 0.661. The summed E-state index contributed by atoms with van der Waals surface area (Å²) in [5.74, 6) is -0.669. The minimum Gasteiger partial charge on any atom is -0.466 e. The van der Waals surface area contributed by atoms with Crippen molar-refractivity contribution in [1.29, 1.82) is 0 Å². The van der Waals surface area contributed by atoms with Crippen molar-refractivity contribution in [3.63, 3.8) is 0 Å². The summed E-state index contributed by atoms with van der Waals surface area (Å²) in [7, 11) is 1.25. The van der Waals surface area contributed by atoms with Crippen LogP contribution < -0.4 is 10.2 Å². The number of anilines is 1. The van der Waals surface area contributed by atoms with Gasteiger partial charge in [0.25, 0.3) is 11.9 Å². The van der Waals surface area contributed by atoms with Gasteiger partial charge in [0.05, 0.1) is 13.2 Å². The van der Waals surface area contributed by atoms with Crippen LogP contribution in [0.15, 0.2) is 47.1 Å². The summed E-state index contributed by atoms with van der Waals surface area (Å²) in [6.45, 7) is 5.61. The molecule has 1 aliphatic heterocycles. The van der Waals surface area contributed by atoms with E-state index in [4.69, 9.17) is 0 Å². The van der Waals surface area contributed by atoms with Crippen LogP contribution >= 0.6 is 0 Å². The lowest BCUT2D eigenvalue weighted by atomic mass is 10.2. The van der Waals surface area contributed by atoms with Crippen molar-refractivity contribution in [3.8, 4) is 0 Å². The minimum absolute atomic E-state index is 0.107. The highest BCUT2D eigenvalue weighted by molar-refractivity contribution is 6.24. The van der Waals surface area contributed by atoms with Crippen molar-refractivity contribution in [3.05, 3.63) is 59.1 Å². The molecule has 2 heterocycles. The first kappa shape index (κ1) is 18.2. The lowest BCUT2D eigenvalue weighted by Gasteiger charge is -2.18. The van der Waals surface area contributed by atoms with Crippen LogP contribution in [-0.2, 0) is 14.3 Å². The molecular formula is C19H19N5O3. The predicted molar refractivity (Wildman–Crippen MR) is 101 cm³/mol. The Balaban J connectivity index is 2.14. The molecule has 3 rings (SSSR count). The molecule has 8 heteroatoms. The molecule has 1 saturated heterocycles. The Morgan fingerprint density at radius 2 is 1.89 bits per heavy atom. The molecular weight excluding hydrogens is 346 g/mol.